The Labute approximate surface area is 168 Å². The number of aryl methyl sites for hydroxylation is 4. The van der Waals surface area contributed by atoms with Gasteiger partial charge in [-0.25, -0.2) is 0 Å². The summed E-state index contributed by atoms with van der Waals surface area (Å²) in [7, 11) is 0. The molecule has 0 unspecified atom stereocenters. The molecular formula is C28H26. The zero-order chi connectivity index (χ0) is 19.3. The van der Waals surface area contributed by atoms with Crippen LogP contribution in [0.5, 0.6) is 0 Å². The van der Waals surface area contributed by atoms with Crippen molar-refractivity contribution < 1.29 is 0 Å². The first-order chi connectivity index (χ1) is 13.7. The average Bonchev–Trinajstić information content (AvgIpc) is 2.74. The summed E-state index contributed by atoms with van der Waals surface area (Å²) in [6.07, 6.45) is 2.12. The molecular weight excluding hydrogens is 336 g/mol. The van der Waals surface area contributed by atoms with Crippen LogP contribution in [0.15, 0.2) is 97.1 Å². The maximum atomic E-state index is 2.32. The molecule has 0 heteroatoms. The Morgan fingerprint density at radius 3 is 1.46 bits per heavy atom. The standard InChI is InChI=1S/C28H26/c1-21-6-14-25(15-7-21)26-18-12-23(13-19-26)10-11-24-4-3-5-28(20-24)27-16-8-22(2)9-17-27/h3-9,12-20H,10-11H2,1-2H3. The van der Waals surface area contributed by atoms with Gasteiger partial charge in [-0.2, -0.15) is 0 Å². The molecule has 0 atom stereocenters. The molecule has 4 aromatic carbocycles. The molecule has 0 amide bonds. The van der Waals surface area contributed by atoms with Crippen molar-refractivity contribution in [2.24, 2.45) is 0 Å². The van der Waals surface area contributed by atoms with Gasteiger partial charge >= 0.3 is 0 Å². The minimum atomic E-state index is 1.06. The fourth-order valence-electron chi connectivity index (χ4n) is 3.55. The van der Waals surface area contributed by atoms with Gasteiger partial charge in [0.2, 0.25) is 0 Å². The smallest absolute Gasteiger partial charge is 0.0181 e. The molecule has 0 aromatic heterocycles. The zero-order valence-corrected chi connectivity index (χ0v) is 16.7. The number of hydrogen-bond donors (Lipinski definition) is 0. The van der Waals surface area contributed by atoms with E-state index in [0.29, 0.717) is 0 Å². The summed E-state index contributed by atoms with van der Waals surface area (Å²) in [6, 6.07) is 35.4. The molecule has 0 aliphatic rings. The van der Waals surface area contributed by atoms with E-state index in [1.165, 1.54) is 44.5 Å². The van der Waals surface area contributed by atoms with Crippen LogP contribution in [0, 0.1) is 13.8 Å². The number of hydrogen-bond acceptors (Lipinski definition) is 0. The van der Waals surface area contributed by atoms with Crippen LogP contribution < -0.4 is 0 Å². The number of rotatable bonds is 5. The summed E-state index contributed by atoms with van der Waals surface area (Å²) in [6.45, 7) is 4.25. The van der Waals surface area contributed by atoms with Gasteiger partial charge in [0, 0.05) is 0 Å². The molecule has 0 aliphatic heterocycles. The van der Waals surface area contributed by atoms with E-state index in [4.69, 9.17) is 0 Å². The Hall–Kier alpha value is -3.12. The van der Waals surface area contributed by atoms with Crippen LogP contribution in [-0.4, -0.2) is 0 Å². The second kappa shape index (κ2) is 8.27. The van der Waals surface area contributed by atoms with E-state index in [0.717, 1.165) is 12.8 Å². The van der Waals surface area contributed by atoms with Gasteiger partial charge in [0.25, 0.3) is 0 Å². The maximum Gasteiger partial charge on any atom is -0.0181 e. The topological polar surface area (TPSA) is 0 Å². The third-order valence-electron chi connectivity index (χ3n) is 5.35. The van der Waals surface area contributed by atoms with Crippen LogP contribution in [0.25, 0.3) is 22.3 Å². The quantitative estimate of drug-likeness (QED) is 0.346. The molecule has 0 bridgehead atoms. The molecule has 28 heavy (non-hydrogen) atoms. The van der Waals surface area contributed by atoms with Crippen LogP contribution in [0.1, 0.15) is 22.3 Å². The summed E-state index contributed by atoms with van der Waals surface area (Å²) in [5.74, 6) is 0. The van der Waals surface area contributed by atoms with Crippen LogP contribution in [0.4, 0.5) is 0 Å². The molecule has 0 saturated heterocycles. The lowest BCUT2D eigenvalue weighted by Crippen LogP contribution is -1.92. The van der Waals surface area contributed by atoms with Gasteiger partial charge in [0.1, 0.15) is 0 Å². The Morgan fingerprint density at radius 1 is 0.429 bits per heavy atom. The SMILES string of the molecule is Cc1ccc(-c2ccc(CCc3cccc(-c4ccc(C)cc4)c3)cc2)cc1. The largest absolute Gasteiger partial charge is 0.0614 e. The first-order valence-electron chi connectivity index (χ1n) is 9.99. The van der Waals surface area contributed by atoms with Gasteiger partial charge in [0.15, 0.2) is 0 Å². The Bertz CT molecular complexity index is 1040. The molecule has 138 valence electrons. The van der Waals surface area contributed by atoms with E-state index in [9.17, 15) is 0 Å². The van der Waals surface area contributed by atoms with Gasteiger partial charge in [-0.1, -0.05) is 108 Å². The summed E-state index contributed by atoms with van der Waals surface area (Å²) >= 11 is 0. The van der Waals surface area contributed by atoms with Gasteiger partial charge in [-0.3, -0.25) is 0 Å². The molecule has 0 radical (unpaired) electrons. The Kier molecular flexibility index (Phi) is 5.39. The lowest BCUT2D eigenvalue weighted by Gasteiger charge is -2.08. The third kappa shape index (κ3) is 4.40. The summed E-state index contributed by atoms with van der Waals surface area (Å²) in [5, 5.41) is 0. The fourth-order valence-corrected chi connectivity index (χ4v) is 3.55. The molecule has 0 aliphatic carbocycles. The van der Waals surface area contributed by atoms with Gasteiger partial charge < -0.3 is 0 Å². The van der Waals surface area contributed by atoms with Crippen molar-refractivity contribution in [3.63, 3.8) is 0 Å². The van der Waals surface area contributed by atoms with Crippen molar-refractivity contribution in [1.29, 1.82) is 0 Å². The Balaban J connectivity index is 1.44. The first-order valence-corrected chi connectivity index (χ1v) is 9.99. The van der Waals surface area contributed by atoms with Crippen molar-refractivity contribution in [3.8, 4) is 22.3 Å². The van der Waals surface area contributed by atoms with E-state index >= 15 is 0 Å². The van der Waals surface area contributed by atoms with Crippen LogP contribution in [-0.2, 0) is 12.8 Å². The predicted molar refractivity (Wildman–Crippen MR) is 121 cm³/mol. The maximum absolute atomic E-state index is 2.32. The van der Waals surface area contributed by atoms with E-state index in [1.807, 2.05) is 0 Å². The second-order valence-corrected chi connectivity index (χ2v) is 7.63. The van der Waals surface area contributed by atoms with E-state index in [2.05, 4.69) is 111 Å². The van der Waals surface area contributed by atoms with Crippen LogP contribution in [0.2, 0.25) is 0 Å². The van der Waals surface area contributed by atoms with E-state index in [-0.39, 0.29) is 0 Å². The summed E-state index contributed by atoms with van der Waals surface area (Å²) in [4.78, 5) is 0. The Morgan fingerprint density at radius 2 is 0.893 bits per heavy atom. The molecule has 0 N–H and O–H groups in total. The summed E-state index contributed by atoms with van der Waals surface area (Å²) in [5.41, 5.74) is 10.5. The summed E-state index contributed by atoms with van der Waals surface area (Å²) < 4.78 is 0. The molecule has 0 heterocycles. The van der Waals surface area contributed by atoms with Crippen molar-refractivity contribution in [2.45, 2.75) is 26.7 Å². The first kappa shape index (κ1) is 18.3. The molecule has 0 nitrogen and oxygen atoms in total. The molecule has 4 aromatic rings. The monoisotopic (exact) mass is 362 g/mol. The minimum absolute atomic E-state index is 1.06. The highest BCUT2D eigenvalue weighted by molar-refractivity contribution is 5.65. The van der Waals surface area contributed by atoms with Gasteiger partial charge in [-0.15, -0.1) is 0 Å². The second-order valence-electron chi connectivity index (χ2n) is 7.63. The average molecular weight is 363 g/mol. The normalized spacial score (nSPS) is 10.8. The van der Waals surface area contributed by atoms with Crippen molar-refractivity contribution in [2.75, 3.05) is 0 Å². The minimum Gasteiger partial charge on any atom is -0.0614 e. The predicted octanol–water partition coefficient (Wildman–Crippen LogP) is 7.42. The van der Waals surface area contributed by atoms with Crippen molar-refractivity contribution >= 4 is 0 Å². The van der Waals surface area contributed by atoms with Gasteiger partial charge in [-0.05, 0) is 60.1 Å². The third-order valence-corrected chi connectivity index (χ3v) is 5.35. The lowest BCUT2D eigenvalue weighted by atomic mass is 9.97. The van der Waals surface area contributed by atoms with Crippen molar-refractivity contribution in [1.82, 2.24) is 0 Å². The van der Waals surface area contributed by atoms with Crippen LogP contribution >= 0.6 is 0 Å². The molecule has 0 spiro atoms. The highest BCUT2D eigenvalue weighted by Crippen LogP contribution is 2.23. The fraction of sp³-hybridized carbons (Fsp3) is 0.143. The van der Waals surface area contributed by atoms with E-state index < -0.39 is 0 Å². The van der Waals surface area contributed by atoms with Gasteiger partial charge in [0.05, 0.1) is 0 Å². The molecule has 0 saturated carbocycles. The molecule has 4 rings (SSSR count). The molecule has 0 fully saturated rings. The highest BCUT2D eigenvalue weighted by Gasteiger charge is 2.02. The lowest BCUT2D eigenvalue weighted by molar-refractivity contribution is 0.961. The van der Waals surface area contributed by atoms with Crippen LogP contribution in [0.3, 0.4) is 0 Å². The van der Waals surface area contributed by atoms with E-state index in [1.54, 1.807) is 0 Å². The number of benzene rings is 4. The van der Waals surface area contributed by atoms with Crippen molar-refractivity contribution in [3.05, 3.63) is 119 Å². The zero-order valence-electron chi connectivity index (χ0n) is 16.7. The highest BCUT2D eigenvalue weighted by atomic mass is 14.1.